The van der Waals surface area contributed by atoms with Crippen LogP contribution in [0.15, 0.2) is 30.3 Å². The number of fused-ring (bicyclic) bond motifs is 1. The van der Waals surface area contributed by atoms with E-state index in [1.807, 2.05) is 0 Å². The molecular weight excluding hydrogens is 258 g/mol. The normalized spacial score (nSPS) is 35.6. The maximum absolute atomic E-state index is 5.56. The fourth-order valence-corrected chi connectivity index (χ4v) is 5.24. The summed E-state index contributed by atoms with van der Waals surface area (Å²) >= 11 is 0. The molecule has 1 aromatic carbocycles. The quantitative estimate of drug-likeness (QED) is 0.821. The van der Waals surface area contributed by atoms with E-state index in [0.717, 1.165) is 25.0 Å². The fourth-order valence-electron chi connectivity index (χ4n) is 5.24. The second-order valence-corrected chi connectivity index (χ2v) is 7.07. The fraction of sp³-hybridized carbons (Fsp3) is 0.684. The lowest BCUT2D eigenvalue weighted by atomic mass is 9.99. The van der Waals surface area contributed by atoms with Crippen LogP contribution in [-0.2, 0) is 11.2 Å². The van der Waals surface area contributed by atoms with Gasteiger partial charge in [0.1, 0.15) is 0 Å². The van der Waals surface area contributed by atoms with Gasteiger partial charge in [0.15, 0.2) is 0 Å². The Morgan fingerprint density at radius 1 is 1.14 bits per heavy atom. The highest BCUT2D eigenvalue weighted by atomic mass is 16.5. The molecule has 2 nitrogen and oxygen atoms in total. The molecule has 0 spiro atoms. The first-order chi connectivity index (χ1) is 10.4. The first kappa shape index (κ1) is 13.8. The van der Waals surface area contributed by atoms with E-state index in [4.69, 9.17) is 4.74 Å². The minimum atomic E-state index is 0.598. The van der Waals surface area contributed by atoms with E-state index in [1.165, 1.54) is 57.2 Å². The van der Waals surface area contributed by atoms with Crippen molar-refractivity contribution < 1.29 is 4.74 Å². The van der Waals surface area contributed by atoms with Crippen molar-refractivity contribution in [1.29, 1.82) is 0 Å². The van der Waals surface area contributed by atoms with Gasteiger partial charge < -0.3 is 4.74 Å². The zero-order valence-corrected chi connectivity index (χ0v) is 13.0. The summed E-state index contributed by atoms with van der Waals surface area (Å²) < 4.78 is 5.56. The molecule has 0 bridgehead atoms. The van der Waals surface area contributed by atoms with Gasteiger partial charge in [-0.3, -0.25) is 4.90 Å². The molecule has 2 aliphatic carbocycles. The van der Waals surface area contributed by atoms with Crippen LogP contribution in [0.4, 0.5) is 0 Å². The highest BCUT2D eigenvalue weighted by Gasteiger charge is 2.68. The van der Waals surface area contributed by atoms with Crippen molar-refractivity contribution in [1.82, 2.24) is 4.90 Å². The molecule has 3 atom stereocenters. The number of benzene rings is 1. The Bertz CT molecular complexity index is 468. The van der Waals surface area contributed by atoms with Crippen molar-refractivity contribution in [2.24, 2.45) is 11.8 Å². The van der Waals surface area contributed by atoms with E-state index in [2.05, 4.69) is 35.2 Å². The molecule has 0 unspecified atom stereocenters. The third kappa shape index (κ3) is 2.43. The van der Waals surface area contributed by atoms with Gasteiger partial charge in [0, 0.05) is 18.6 Å². The maximum atomic E-state index is 5.56. The topological polar surface area (TPSA) is 12.5 Å². The highest BCUT2D eigenvalue weighted by Crippen LogP contribution is 2.66. The van der Waals surface area contributed by atoms with Gasteiger partial charge in [-0.15, -0.1) is 0 Å². The number of hydrogen-bond acceptors (Lipinski definition) is 2. The number of ether oxygens (including phenoxy) is 1. The van der Waals surface area contributed by atoms with Crippen molar-refractivity contribution in [2.75, 3.05) is 26.3 Å². The standard InChI is InChI=1S/C19H27NO/c1-2-6-16(7-3-1)8-4-9-17-18-10-5-11-19(17,18)20-12-14-21-15-13-20/h1-3,6-7,17-18H,4-5,8-15H2/t17-,18+,19+/m1/s1. The lowest BCUT2D eigenvalue weighted by Gasteiger charge is -2.35. The summed E-state index contributed by atoms with van der Waals surface area (Å²) in [4.78, 5) is 2.79. The molecule has 0 amide bonds. The zero-order valence-electron chi connectivity index (χ0n) is 13.0. The number of hydrogen-bond donors (Lipinski definition) is 0. The third-order valence-corrected chi connectivity index (χ3v) is 6.18. The highest BCUT2D eigenvalue weighted by molar-refractivity contribution is 5.22. The molecule has 114 valence electrons. The first-order valence-electron chi connectivity index (χ1n) is 8.78. The molecule has 0 radical (unpaired) electrons. The molecule has 21 heavy (non-hydrogen) atoms. The van der Waals surface area contributed by atoms with Gasteiger partial charge >= 0.3 is 0 Å². The molecule has 1 heterocycles. The molecule has 3 fully saturated rings. The Kier molecular flexibility index (Phi) is 3.76. The van der Waals surface area contributed by atoms with E-state index in [1.54, 1.807) is 0 Å². The Hall–Kier alpha value is -0.860. The van der Waals surface area contributed by atoms with Crippen LogP contribution >= 0.6 is 0 Å². The molecule has 0 N–H and O–H groups in total. The summed E-state index contributed by atoms with van der Waals surface area (Å²) in [7, 11) is 0. The summed E-state index contributed by atoms with van der Waals surface area (Å²) in [5.74, 6) is 1.99. The second kappa shape index (κ2) is 5.73. The van der Waals surface area contributed by atoms with Crippen LogP contribution in [0.5, 0.6) is 0 Å². The van der Waals surface area contributed by atoms with Crippen molar-refractivity contribution in [3.8, 4) is 0 Å². The first-order valence-corrected chi connectivity index (χ1v) is 8.78. The molecular formula is C19H27NO. The van der Waals surface area contributed by atoms with Gasteiger partial charge in [0.05, 0.1) is 13.2 Å². The van der Waals surface area contributed by atoms with E-state index in [9.17, 15) is 0 Å². The van der Waals surface area contributed by atoms with Crippen molar-refractivity contribution >= 4 is 0 Å². The van der Waals surface area contributed by atoms with Gasteiger partial charge in [-0.05, 0) is 49.5 Å². The zero-order chi connectivity index (χ0) is 14.1. The number of aryl methyl sites for hydroxylation is 1. The molecule has 1 aliphatic heterocycles. The Morgan fingerprint density at radius 2 is 1.95 bits per heavy atom. The minimum Gasteiger partial charge on any atom is -0.379 e. The van der Waals surface area contributed by atoms with Crippen molar-refractivity contribution in [3.05, 3.63) is 35.9 Å². The monoisotopic (exact) mass is 285 g/mol. The smallest absolute Gasteiger partial charge is 0.0594 e. The summed E-state index contributed by atoms with van der Waals surface area (Å²) in [5.41, 5.74) is 2.10. The number of morpholine rings is 1. The van der Waals surface area contributed by atoms with E-state index in [0.29, 0.717) is 5.54 Å². The molecule has 2 saturated carbocycles. The van der Waals surface area contributed by atoms with Gasteiger partial charge in [-0.25, -0.2) is 0 Å². The molecule has 3 aliphatic rings. The van der Waals surface area contributed by atoms with Gasteiger partial charge in [0.2, 0.25) is 0 Å². The molecule has 1 saturated heterocycles. The second-order valence-electron chi connectivity index (χ2n) is 7.07. The van der Waals surface area contributed by atoms with Crippen LogP contribution in [0, 0.1) is 11.8 Å². The third-order valence-electron chi connectivity index (χ3n) is 6.18. The van der Waals surface area contributed by atoms with Crippen LogP contribution in [0.2, 0.25) is 0 Å². The summed E-state index contributed by atoms with van der Waals surface area (Å²) in [6.45, 7) is 4.24. The minimum absolute atomic E-state index is 0.598. The summed E-state index contributed by atoms with van der Waals surface area (Å²) in [6, 6.07) is 11.0. The molecule has 1 aromatic rings. The van der Waals surface area contributed by atoms with Crippen LogP contribution < -0.4 is 0 Å². The number of rotatable bonds is 5. The van der Waals surface area contributed by atoms with E-state index >= 15 is 0 Å². The Morgan fingerprint density at radius 3 is 2.76 bits per heavy atom. The van der Waals surface area contributed by atoms with Crippen LogP contribution in [0.3, 0.4) is 0 Å². The Labute approximate surface area is 128 Å². The molecule has 2 heteroatoms. The largest absolute Gasteiger partial charge is 0.379 e. The predicted molar refractivity (Wildman–Crippen MR) is 85.3 cm³/mol. The predicted octanol–water partition coefficient (Wildman–Crippen LogP) is 3.51. The van der Waals surface area contributed by atoms with E-state index < -0.39 is 0 Å². The van der Waals surface area contributed by atoms with Crippen LogP contribution in [-0.4, -0.2) is 36.7 Å². The molecule has 0 aromatic heterocycles. The van der Waals surface area contributed by atoms with Crippen molar-refractivity contribution in [3.63, 3.8) is 0 Å². The summed E-state index contributed by atoms with van der Waals surface area (Å²) in [6.07, 6.45) is 8.43. The average molecular weight is 285 g/mol. The lowest BCUT2D eigenvalue weighted by molar-refractivity contribution is 0.00318. The lowest BCUT2D eigenvalue weighted by Crippen LogP contribution is -2.46. The van der Waals surface area contributed by atoms with Gasteiger partial charge in [-0.1, -0.05) is 36.8 Å². The molecule has 4 rings (SSSR count). The van der Waals surface area contributed by atoms with Crippen molar-refractivity contribution in [2.45, 2.75) is 44.1 Å². The SMILES string of the molecule is c1ccc(CCC[C@@H]2[C@@H]3CCC[C@]23N2CCOCC2)cc1. The van der Waals surface area contributed by atoms with Gasteiger partial charge in [0.25, 0.3) is 0 Å². The average Bonchev–Trinajstić information content (AvgIpc) is 2.94. The summed E-state index contributed by atoms with van der Waals surface area (Å²) in [5, 5.41) is 0. The van der Waals surface area contributed by atoms with Gasteiger partial charge in [-0.2, -0.15) is 0 Å². The Balaban J connectivity index is 1.34. The number of nitrogens with zero attached hydrogens (tertiary/aromatic N) is 1. The van der Waals surface area contributed by atoms with Crippen LogP contribution in [0.25, 0.3) is 0 Å². The van der Waals surface area contributed by atoms with E-state index in [-0.39, 0.29) is 0 Å². The van der Waals surface area contributed by atoms with Crippen LogP contribution in [0.1, 0.15) is 37.7 Å². The maximum Gasteiger partial charge on any atom is 0.0594 e.